The van der Waals surface area contributed by atoms with E-state index in [1.807, 2.05) is 12.1 Å². The number of amides is 1. The van der Waals surface area contributed by atoms with Crippen molar-refractivity contribution >= 4 is 22.6 Å². The number of ether oxygens (including phenoxy) is 1. The van der Waals surface area contributed by atoms with E-state index in [9.17, 15) is 14.7 Å². The Morgan fingerprint density at radius 2 is 1.81 bits per heavy atom. The molecule has 0 bridgehead atoms. The maximum atomic E-state index is 12.6. The van der Waals surface area contributed by atoms with E-state index in [-0.39, 0.29) is 23.3 Å². The van der Waals surface area contributed by atoms with Gasteiger partial charge in [0.2, 0.25) is 0 Å². The Bertz CT molecular complexity index is 811. The van der Waals surface area contributed by atoms with E-state index in [1.165, 1.54) is 12.5 Å². The molecule has 0 aromatic heterocycles. The van der Waals surface area contributed by atoms with Crippen molar-refractivity contribution in [1.82, 2.24) is 4.90 Å². The molecule has 0 unspecified atom stereocenters. The number of likely N-dealkylation sites (N-methyl/N-ethyl adjacent to an activating group) is 1. The van der Waals surface area contributed by atoms with Crippen LogP contribution in [0.15, 0.2) is 36.4 Å². The smallest absolute Gasteiger partial charge is 0.342 e. The Hall–Kier alpha value is -2.56. The molecule has 0 radical (unpaired) electrons. The van der Waals surface area contributed by atoms with E-state index in [0.29, 0.717) is 5.39 Å². The first-order chi connectivity index (χ1) is 12.5. The molecular weight excluding hydrogens is 330 g/mol. The van der Waals surface area contributed by atoms with E-state index in [2.05, 4.69) is 0 Å². The fourth-order valence-corrected chi connectivity index (χ4v) is 3.63. The summed E-state index contributed by atoms with van der Waals surface area (Å²) in [4.78, 5) is 26.8. The lowest BCUT2D eigenvalue weighted by Gasteiger charge is -2.32. The Balaban J connectivity index is 1.70. The average Bonchev–Trinajstić information content (AvgIpc) is 2.67. The van der Waals surface area contributed by atoms with Crippen molar-refractivity contribution in [3.05, 3.63) is 42.0 Å². The number of fused-ring (bicyclic) bond motifs is 1. The minimum Gasteiger partial charge on any atom is -0.506 e. The summed E-state index contributed by atoms with van der Waals surface area (Å²) in [7, 11) is 1.77. The summed E-state index contributed by atoms with van der Waals surface area (Å²) in [5, 5.41) is 11.8. The van der Waals surface area contributed by atoms with E-state index < -0.39 is 12.1 Å². The third-order valence-corrected chi connectivity index (χ3v) is 5.22. The molecule has 0 heterocycles. The number of carbonyl (C=O) groups excluding carboxylic acids is 2. The zero-order chi connectivity index (χ0) is 18.7. The van der Waals surface area contributed by atoms with Crippen LogP contribution in [0.2, 0.25) is 0 Å². The van der Waals surface area contributed by atoms with Gasteiger partial charge in [-0.3, -0.25) is 4.79 Å². The van der Waals surface area contributed by atoms with Crippen molar-refractivity contribution in [2.45, 2.75) is 51.2 Å². The van der Waals surface area contributed by atoms with Gasteiger partial charge in [-0.1, -0.05) is 49.6 Å². The van der Waals surface area contributed by atoms with Gasteiger partial charge in [0.15, 0.2) is 6.10 Å². The largest absolute Gasteiger partial charge is 0.506 e. The molecule has 26 heavy (non-hydrogen) atoms. The third-order valence-electron chi connectivity index (χ3n) is 5.22. The molecule has 5 heteroatoms. The van der Waals surface area contributed by atoms with Gasteiger partial charge in [-0.05, 0) is 31.2 Å². The second-order valence-electron chi connectivity index (χ2n) is 6.97. The maximum absolute atomic E-state index is 12.6. The van der Waals surface area contributed by atoms with Gasteiger partial charge in [0.1, 0.15) is 11.3 Å². The topological polar surface area (TPSA) is 66.8 Å². The fraction of sp³-hybridized carbons (Fsp3) is 0.429. The number of phenolic OH excluding ortho intramolecular Hbond substituents is 1. The molecule has 1 aliphatic carbocycles. The minimum atomic E-state index is -0.889. The van der Waals surface area contributed by atoms with Gasteiger partial charge in [-0.25, -0.2) is 4.79 Å². The van der Waals surface area contributed by atoms with E-state index in [4.69, 9.17) is 4.74 Å². The molecule has 2 aromatic carbocycles. The number of esters is 1. The van der Waals surface area contributed by atoms with Gasteiger partial charge >= 0.3 is 5.97 Å². The van der Waals surface area contributed by atoms with Crippen molar-refractivity contribution in [2.75, 3.05) is 7.05 Å². The molecule has 0 saturated heterocycles. The van der Waals surface area contributed by atoms with Crippen LogP contribution in [0.5, 0.6) is 5.75 Å². The van der Waals surface area contributed by atoms with Crippen LogP contribution < -0.4 is 0 Å². The van der Waals surface area contributed by atoms with Crippen molar-refractivity contribution in [2.24, 2.45) is 0 Å². The zero-order valence-corrected chi connectivity index (χ0v) is 15.3. The van der Waals surface area contributed by atoms with E-state index in [1.54, 1.807) is 37.1 Å². The lowest BCUT2D eigenvalue weighted by molar-refractivity contribution is -0.141. The first kappa shape index (κ1) is 18.2. The van der Waals surface area contributed by atoms with Crippen molar-refractivity contribution in [3.63, 3.8) is 0 Å². The van der Waals surface area contributed by atoms with Crippen molar-refractivity contribution in [1.29, 1.82) is 0 Å². The first-order valence-corrected chi connectivity index (χ1v) is 9.17. The van der Waals surface area contributed by atoms with Crippen LogP contribution in [0.4, 0.5) is 0 Å². The summed E-state index contributed by atoms with van der Waals surface area (Å²) in [6.45, 7) is 1.58. The monoisotopic (exact) mass is 355 g/mol. The fourth-order valence-electron chi connectivity index (χ4n) is 3.63. The van der Waals surface area contributed by atoms with Crippen LogP contribution in [0.3, 0.4) is 0 Å². The number of carbonyl (C=O) groups is 2. The zero-order valence-electron chi connectivity index (χ0n) is 15.3. The molecule has 1 fully saturated rings. The van der Waals surface area contributed by atoms with Gasteiger partial charge in [0.25, 0.3) is 5.91 Å². The highest BCUT2D eigenvalue weighted by molar-refractivity contribution is 6.01. The Morgan fingerprint density at radius 1 is 1.12 bits per heavy atom. The third kappa shape index (κ3) is 3.66. The van der Waals surface area contributed by atoms with Gasteiger partial charge < -0.3 is 14.7 Å². The summed E-state index contributed by atoms with van der Waals surface area (Å²) < 4.78 is 5.35. The molecule has 3 rings (SSSR count). The van der Waals surface area contributed by atoms with Crippen LogP contribution in [-0.2, 0) is 9.53 Å². The van der Waals surface area contributed by atoms with Gasteiger partial charge in [0, 0.05) is 18.5 Å². The SMILES string of the molecule is C[C@@H](OC(=O)c1ccc2ccccc2c1O)C(=O)N(C)C1CCCCC1. The van der Waals surface area contributed by atoms with Crippen LogP contribution in [-0.4, -0.2) is 41.1 Å². The van der Waals surface area contributed by atoms with Crippen LogP contribution in [0.1, 0.15) is 49.4 Å². The van der Waals surface area contributed by atoms with Crippen LogP contribution in [0.25, 0.3) is 10.8 Å². The van der Waals surface area contributed by atoms with E-state index >= 15 is 0 Å². The first-order valence-electron chi connectivity index (χ1n) is 9.17. The molecule has 1 atom stereocenters. The number of hydrogen-bond acceptors (Lipinski definition) is 4. The highest BCUT2D eigenvalue weighted by atomic mass is 16.5. The number of aromatic hydroxyl groups is 1. The normalized spacial score (nSPS) is 16.2. The summed E-state index contributed by atoms with van der Waals surface area (Å²) >= 11 is 0. The summed E-state index contributed by atoms with van der Waals surface area (Å²) in [6.07, 6.45) is 4.57. The Morgan fingerprint density at radius 3 is 2.54 bits per heavy atom. The number of hydrogen-bond donors (Lipinski definition) is 1. The second kappa shape index (κ2) is 7.77. The molecule has 1 amide bonds. The van der Waals surface area contributed by atoms with Crippen molar-refractivity contribution in [3.8, 4) is 5.75 Å². The number of benzene rings is 2. The second-order valence-corrected chi connectivity index (χ2v) is 6.97. The molecule has 2 aromatic rings. The number of nitrogens with zero attached hydrogens (tertiary/aromatic N) is 1. The molecule has 5 nitrogen and oxygen atoms in total. The predicted molar refractivity (Wildman–Crippen MR) is 100 cm³/mol. The maximum Gasteiger partial charge on any atom is 0.342 e. The standard InChI is InChI=1S/C21H25NO4/c1-14(20(24)22(2)16-9-4-3-5-10-16)26-21(25)18-13-12-15-8-6-7-11-17(15)19(18)23/h6-8,11-14,16,23H,3-5,9-10H2,1-2H3/t14-/m1/s1. The summed E-state index contributed by atoms with van der Waals surface area (Å²) in [6, 6.07) is 10.8. The van der Waals surface area contributed by atoms with Crippen molar-refractivity contribution < 1.29 is 19.4 Å². The van der Waals surface area contributed by atoms with Gasteiger partial charge in [-0.15, -0.1) is 0 Å². The molecule has 1 saturated carbocycles. The minimum absolute atomic E-state index is 0.0728. The summed E-state index contributed by atoms with van der Waals surface area (Å²) in [5.74, 6) is -1.01. The van der Waals surface area contributed by atoms with Crippen LogP contribution in [0, 0.1) is 0 Å². The highest BCUT2D eigenvalue weighted by Crippen LogP contribution is 2.29. The molecule has 1 aliphatic rings. The number of rotatable bonds is 4. The molecule has 0 spiro atoms. The van der Waals surface area contributed by atoms with Crippen LogP contribution >= 0.6 is 0 Å². The Labute approximate surface area is 153 Å². The molecule has 1 N–H and O–H groups in total. The lowest BCUT2D eigenvalue weighted by atomic mass is 9.94. The molecule has 138 valence electrons. The predicted octanol–water partition coefficient (Wildman–Crippen LogP) is 3.88. The lowest BCUT2D eigenvalue weighted by Crippen LogP contribution is -2.44. The quantitative estimate of drug-likeness (QED) is 0.845. The molecule has 0 aliphatic heterocycles. The summed E-state index contributed by atoms with van der Waals surface area (Å²) in [5.41, 5.74) is 0.0728. The molecular formula is C21H25NO4. The average molecular weight is 355 g/mol. The van der Waals surface area contributed by atoms with E-state index in [0.717, 1.165) is 31.1 Å². The van der Waals surface area contributed by atoms with Gasteiger partial charge in [0.05, 0.1) is 0 Å². The number of phenols is 1. The highest BCUT2D eigenvalue weighted by Gasteiger charge is 2.28. The Kier molecular flexibility index (Phi) is 5.45. The van der Waals surface area contributed by atoms with Gasteiger partial charge in [-0.2, -0.15) is 0 Å².